The Morgan fingerprint density at radius 1 is 1.43 bits per heavy atom. The molecule has 1 aromatic carbocycles. The van der Waals surface area contributed by atoms with Gasteiger partial charge in [-0.1, -0.05) is 6.92 Å². The Hall–Kier alpha value is -2.05. The average Bonchev–Trinajstić information content (AvgIpc) is 2.48. The van der Waals surface area contributed by atoms with Gasteiger partial charge in [-0.05, 0) is 31.7 Å². The number of amides is 1. The number of piperidine rings is 1. The summed E-state index contributed by atoms with van der Waals surface area (Å²) in [7, 11) is 0. The Bertz CT molecular complexity index is 578. The van der Waals surface area contributed by atoms with Crippen LogP contribution in [0.25, 0.3) is 0 Å². The fourth-order valence-electron chi connectivity index (χ4n) is 2.71. The molecule has 1 saturated heterocycles. The van der Waals surface area contributed by atoms with E-state index in [4.69, 9.17) is 0 Å². The molecule has 21 heavy (non-hydrogen) atoms. The highest BCUT2D eigenvalue weighted by molar-refractivity contribution is 5.95. The summed E-state index contributed by atoms with van der Waals surface area (Å²) in [6.07, 6.45) is 3.29. The lowest BCUT2D eigenvalue weighted by atomic mass is 9.98. The van der Waals surface area contributed by atoms with Gasteiger partial charge in [0, 0.05) is 12.6 Å². The summed E-state index contributed by atoms with van der Waals surface area (Å²) in [4.78, 5) is 23.6. The maximum absolute atomic E-state index is 14.1. The summed E-state index contributed by atoms with van der Waals surface area (Å²) in [5, 5.41) is 10.7. The van der Waals surface area contributed by atoms with Gasteiger partial charge in [0.25, 0.3) is 5.91 Å². The van der Waals surface area contributed by atoms with Crippen molar-refractivity contribution in [3.05, 3.63) is 39.4 Å². The molecular weight excluding hydrogens is 282 g/mol. The number of nitro benzene ring substituents is 1. The van der Waals surface area contributed by atoms with Gasteiger partial charge in [-0.15, -0.1) is 0 Å². The zero-order valence-corrected chi connectivity index (χ0v) is 11.6. The predicted molar refractivity (Wildman–Crippen MR) is 72.0 cm³/mol. The molecule has 1 aromatic rings. The number of carbonyl (C=O) groups excluding carboxylic acids is 1. The SMILES string of the molecule is CCC1CCCCN1C(=O)c1cc(F)cc([N+](=O)[O-])c1F. The van der Waals surface area contributed by atoms with Gasteiger partial charge >= 0.3 is 5.69 Å². The van der Waals surface area contributed by atoms with E-state index >= 15 is 0 Å². The summed E-state index contributed by atoms with van der Waals surface area (Å²) in [6.45, 7) is 2.38. The Balaban J connectivity index is 2.41. The highest BCUT2D eigenvalue weighted by Crippen LogP contribution is 2.27. The van der Waals surface area contributed by atoms with Crippen molar-refractivity contribution in [2.75, 3.05) is 6.54 Å². The number of benzene rings is 1. The van der Waals surface area contributed by atoms with E-state index < -0.39 is 33.7 Å². The van der Waals surface area contributed by atoms with E-state index in [1.165, 1.54) is 4.90 Å². The quantitative estimate of drug-likeness (QED) is 0.635. The largest absolute Gasteiger partial charge is 0.336 e. The van der Waals surface area contributed by atoms with Gasteiger partial charge in [-0.2, -0.15) is 4.39 Å². The summed E-state index contributed by atoms with van der Waals surface area (Å²) in [6, 6.07) is 1.18. The lowest BCUT2D eigenvalue weighted by Gasteiger charge is -2.35. The molecule has 1 aliphatic heterocycles. The van der Waals surface area contributed by atoms with Crippen LogP contribution < -0.4 is 0 Å². The molecule has 1 aliphatic rings. The number of hydrogen-bond donors (Lipinski definition) is 0. The molecule has 2 rings (SSSR count). The van der Waals surface area contributed by atoms with E-state index in [9.17, 15) is 23.7 Å². The lowest BCUT2D eigenvalue weighted by molar-refractivity contribution is -0.387. The fraction of sp³-hybridized carbons (Fsp3) is 0.500. The van der Waals surface area contributed by atoms with E-state index in [1.54, 1.807) is 0 Å². The smallest absolute Gasteiger partial charge is 0.308 e. The van der Waals surface area contributed by atoms with Gasteiger partial charge in [0.05, 0.1) is 16.6 Å². The number of carbonyl (C=O) groups is 1. The fourth-order valence-corrected chi connectivity index (χ4v) is 2.71. The Morgan fingerprint density at radius 3 is 2.76 bits per heavy atom. The van der Waals surface area contributed by atoms with E-state index in [0.717, 1.165) is 25.3 Å². The predicted octanol–water partition coefficient (Wildman–Crippen LogP) is 3.28. The molecule has 7 heteroatoms. The number of hydrogen-bond acceptors (Lipinski definition) is 3. The van der Waals surface area contributed by atoms with Crippen LogP contribution in [-0.4, -0.2) is 28.3 Å². The standard InChI is InChI=1S/C14H16F2N2O3/c1-2-10-5-3-4-6-17(10)14(19)11-7-9(15)8-12(13(11)16)18(20)21/h7-8,10H,2-6H2,1H3. The van der Waals surface area contributed by atoms with Crippen molar-refractivity contribution < 1.29 is 18.5 Å². The summed E-state index contributed by atoms with van der Waals surface area (Å²) >= 11 is 0. The van der Waals surface area contributed by atoms with Crippen LogP contribution >= 0.6 is 0 Å². The second-order valence-electron chi connectivity index (χ2n) is 5.10. The van der Waals surface area contributed by atoms with Crippen molar-refractivity contribution in [2.45, 2.75) is 38.6 Å². The minimum atomic E-state index is -1.27. The summed E-state index contributed by atoms with van der Waals surface area (Å²) in [5.41, 5.74) is -1.58. The number of nitro groups is 1. The van der Waals surface area contributed by atoms with Crippen molar-refractivity contribution in [2.24, 2.45) is 0 Å². The average molecular weight is 298 g/mol. The lowest BCUT2D eigenvalue weighted by Crippen LogP contribution is -2.43. The van der Waals surface area contributed by atoms with Crippen LogP contribution in [-0.2, 0) is 0 Å². The third-order valence-corrected chi connectivity index (χ3v) is 3.80. The van der Waals surface area contributed by atoms with Crippen LogP contribution in [0.15, 0.2) is 12.1 Å². The van der Waals surface area contributed by atoms with Crippen LogP contribution in [0.2, 0.25) is 0 Å². The Morgan fingerprint density at radius 2 is 2.14 bits per heavy atom. The number of rotatable bonds is 3. The molecule has 0 aromatic heterocycles. The molecule has 1 heterocycles. The molecular formula is C14H16F2N2O3. The molecule has 0 bridgehead atoms. The number of likely N-dealkylation sites (tertiary alicyclic amines) is 1. The van der Waals surface area contributed by atoms with Gasteiger partial charge in [-0.3, -0.25) is 14.9 Å². The van der Waals surface area contributed by atoms with Crippen LogP contribution in [0.3, 0.4) is 0 Å². The first-order valence-corrected chi connectivity index (χ1v) is 6.90. The third kappa shape index (κ3) is 3.01. The van der Waals surface area contributed by atoms with Gasteiger partial charge in [0.1, 0.15) is 5.82 Å². The molecule has 0 saturated carbocycles. The van der Waals surface area contributed by atoms with Crippen LogP contribution in [0.5, 0.6) is 0 Å². The van der Waals surface area contributed by atoms with Gasteiger partial charge in [0.15, 0.2) is 0 Å². The first-order chi connectivity index (χ1) is 9.95. The normalized spacial score (nSPS) is 18.6. The van der Waals surface area contributed by atoms with Crippen molar-refractivity contribution in [3.63, 3.8) is 0 Å². The number of nitrogens with zero attached hydrogens (tertiary/aromatic N) is 2. The van der Waals surface area contributed by atoms with E-state index in [-0.39, 0.29) is 6.04 Å². The molecule has 1 fully saturated rings. The van der Waals surface area contributed by atoms with Crippen molar-refractivity contribution in [1.82, 2.24) is 4.90 Å². The molecule has 1 atom stereocenters. The maximum Gasteiger partial charge on any atom is 0.308 e. The molecule has 5 nitrogen and oxygen atoms in total. The van der Waals surface area contributed by atoms with Crippen LogP contribution in [0.4, 0.5) is 14.5 Å². The van der Waals surface area contributed by atoms with E-state index in [0.29, 0.717) is 19.0 Å². The van der Waals surface area contributed by atoms with Crippen molar-refractivity contribution >= 4 is 11.6 Å². The molecule has 0 radical (unpaired) electrons. The molecule has 1 unspecified atom stereocenters. The van der Waals surface area contributed by atoms with E-state index in [2.05, 4.69) is 0 Å². The zero-order valence-electron chi connectivity index (χ0n) is 11.6. The minimum absolute atomic E-state index is 0.0343. The topological polar surface area (TPSA) is 63.5 Å². The zero-order chi connectivity index (χ0) is 15.6. The molecule has 0 spiro atoms. The third-order valence-electron chi connectivity index (χ3n) is 3.80. The van der Waals surface area contributed by atoms with Gasteiger partial charge in [0.2, 0.25) is 5.82 Å². The van der Waals surface area contributed by atoms with E-state index in [1.807, 2.05) is 6.92 Å². The monoisotopic (exact) mass is 298 g/mol. The second kappa shape index (κ2) is 6.15. The molecule has 0 N–H and O–H groups in total. The Kier molecular flexibility index (Phi) is 4.50. The van der Waals surface area contributed by atoms with Crippen molar-refractivity contribution in [3.8, 4) is 0 Å². The summed E-state index contributed by atoms with van der Waals surface area (Å²) < 4.78 is 27.5. The molecule has 0 aliphatic carbocycles. The highest BCUT2D eigenvalue weighted by Gasteiger charge is 2.31. The molecule has 1 amide bonds. The summed E-state index contributed by atoms with van der Waals surface area (Å²) in [5.74, 6) is -2.94. The minimum Gasteiger partial charge on any atom is -0.336 e. The number of halogens is 2. The van der Waals surface area contributed by atoms with Crippen LogP contribution in [0, 0.1) is 21.7 Å². The maximum atomic E-state index is 14.1. The highest BCUT2D eigenvalue weighted by atomic mass is 19.1. The second-order valence-corrected chi connectivity index (χ2v) is 5.10. The van der Waals surface area contributed by atoms with Gasteiger partial charge < -0.3 is 4.90 Å². The van der Waals surface area contributed by atoms with Crippen LogP contribution in [0.1, 0.15) is 43.0 Å². The Labute approximate surface area is 120 Å². The molecule has 114 valence electrons. The van der Waals surface area contributed by atoms with Gasteiger partial charge in [-0.25, -0.2) is 4.39 Å². The van der Waals surface area contributed by atoms with Crippen molar-refractivity contribution in [1.29, 1.82) is 0 Å². The first-order valence-electron chi connectivity index (χ1n) is 6.90. The first kappa shape index (κ1) is 15.3.